The second-order valence-corrected chi connectivity index (χ2v) is 12.2. The van der Waals surface area contributed by atoms with Gasteiger partial charge in [0, 0.05) is 10.8 Å². The Morgan fingerprint density at radius 3 is 2.61 bits per heavy atom. The molecule has 1 amide bonds. The van der Waals surface area contributed by atoms with Crippen LogP contribution in [0.25, 0.3) is 0 Å². The van der Waals surface area contributed by atoms with Crippen LogP contribution in [0.4, 0.5) is 5.13 Å². The summed E-state index contributed by atoms with van der Waals surface area (Å²) in [5.41, 5.74) is 2.17. The van der Waals surface area contributed by atoms with Gasteiger partial charge in [0.15, 0.2) is 10.1 Å². The highest BCUT2D eigenvalue weighted by Gasteiger charge is 2.46. The van der Waals surface area contributed by atoms with E-state index in [-0.39, 0.29) is 10.7 Å². The lowest BCUT2D eigenvalue weighted by molar-refractivity contribution is -0.117. The van der Waals surface area contributed by atoms with Crippen LogP contribution in [0.2, 0.25) is 5.02 Å². The minimum atomic E-state index is -0.922. The van der Waals surface area contributed by atoms with Gasteiger partial charge in [-0.05, 0) is 49.2 Å². The molecule has 12 heteroatoms. The van der Waals surface area contributed by atoms with E-state index in [1.807, 2.05) is 24.3 Å². The fourth-order valence-electron chi connectivity index (χ4n) is 4.11. The van der Waals surface area contributed by atoms with E-state index in [2.05, 4.69) is 15.2 Å². The Balaban J connectivity index is 1.52. The first-order chi connectivity index (χ1) is 18.3. The van der Waals surface area contributed by atoms with Crippen LogP contribution in [0, 0.1) is 13.8 Å². The third-order valence-electron chi connectivity index (χ3n) is 5.85. The summed E-state index contributed by atoms with van der Waals surface area (Å²) in [6.45, 7) is 3.54. The molecule has 8 nitrogen and oxygen atoms in total. The number of amides is 1. The molecule has 0 aliphatic carbocycles. The number of rotatable bonds is 8. The molecule has 2 aromatic carbocycles. The quantitative estimate of drug-likeness (QED) is 0.145. The number of thioether (sulfide) groups is 1. The molecular formula is C26H21ClN4O4S3. The molecule has 3 heterocycles. The summed E-state index contributed by atoms with van der Waals surface area (Å²) in [7, 11) is 1.54. The standard InChI is InChI=1S/C26H21ClN4O4S3/c1-13-23(37-14(2)28-13)21(32)19-20(16-5-4-6-18(11-16)35-3)31(24(34)22(19)33)25-29-30-26(38-25)36-12-15-7-9-17(27)10-8-15/h4-11,20,33H,12H2,1-3H3. The third kappa shape index (κ3) is 5.06. The lowest BCUT2D eigenvalue weighted by Crippen LogP contribution is -2.31. The monoisotopic (exact) mass is 584 g/mol. The number of halogens is 1. The lowest BCUT2D eigenvalue weighted by Gasteiger charge is -2.24. The maximum absolute atomic E-state index is 13.7. The molecule has 0 bridgehead atoms. The van der Waals surface area contributed by atoms with Gasteiger partial charge in [-0.1, -0.05) is 59.0 Å². The topological polar surface area (TPSA) is 106 Å². The molecule has 0 saturated carbocycles. The number of aliphatic hydroxyl groups is 1. The van der Waals surface area contributed by atoms with Gasteiger partial charge in [0.25, 0.3) is 5.91 Å². The van der Waals surface area contributed by atoms with Gasteiger partial charge in [0.05, 0.1) is 34.3 Å². The number of hydrogen-bond acceptors (Lipinski definition) is 10. The van der Waals surface area contributed by atoms with Crippen LogP contribution >= 0.6 is 46.0 Å². The first-order valence-corrected chi connectivity index (χ1v) is 14.4. The molecule has 1 N–H and O–H groups in total. The van der Waals surface area contributed by atoms with E-state index in [0.29, 0.717) is 37.0 Å². The van der Waals surface area contributed by atoms with E-state index < -0.39 is 23.5 Å². The Labute approximate surface area is 236 Å². The maximum atomic E-state index is 13.7. The fourth-order valence-corrected chi connectivity index (χ4v) is 6.93. The average molecular weight is 585 g/mol. The number of ketones is 1. The van der Waals surface area contributed by atoms with Crippen molar-refractivity contribution in [1.82, 2.24) is 15.2 Å². The van der Waals surface area contributed by atoms with E-state index >= 15 is 0 Å². The van der Waals surface area contributed by atoms with Crippen LogP contribution in [0.1, 0.15) is 37.5 Å². The smallest absolute Gasteiger partial charge is 0.296 e. The zero-order valence-corrected chi connectivity index (χ0v) is 23.7. The average Bonchev–Trinajstić information content (AvgIpc) is 3.59. The zero-order valence-electron chi connectivity index (χ0n) is 20.5. The summed E-state index contributed by atoms with van der Waals surface area (Å²) >= 11 is 9.88. The number of methoxy groups -OCH3 is 1. The van der Waals surface area contributed by atoms with Crippen LogP contribution in [-0.4, -0.2) is 39.1 Å². The van der Waals surface area contributed by atoms with Gasteiger partial charge in [-0.3, -0.25) is 14.5 Å². The van der Waals surface area contributed by atoms with Crippen LogP contribution in [0.5, 0.6) is 5.75 Å². The fraction of sp³-hybridized carbons (Fsp3) is 0.192. The number of hydrogen-bond donors (Lipinski definition) is 1. The Morgan fingerprint density at radius 1 is 1.16 bits per heavy atom. The van der Waals surface area contributed by atoms with Crippen LogP contribution in [-0.2, 0) is 10.5 Å². The summed E-state index contributed by atoms with van der Waals surface area (Å²) in [6, 6.07) is 13.6. The number of anilines is 1. The number of aryl methyl sites for hydroxylation is 2. The number of ether oxygens (including phenoxy) is 1. The molecule has 0 saturated heterocycles. The van der Waals surface area contributed by atoms with E-state index in [0.717, 1.165) is 10.6 Å². The van der Waals surface area contributed by atoms with Crippen molar-refractivity contribution in [3.63, 3.8) is 0 Å². The highest BCUT2D eigenvalue weighted by Crippen LogP contribution is 2.45. The third-order valence-corrected chi connectivity index (χ3v) is 9.30. The van der Waals surface area contributed by atoms with Crippen molar-refractivity contribution in [2.45, 2.75) is 30.0 Å². The number of Topliss-reactive ketones (excluding diaryl/α,β-unsaturated/α-hetero) is 1. The molecule has 1 aliphatic heterocycles. The lowest BCUT2D eigenvalue weighted by atomic mass is 9.95. The molecule has 4 aromatic rings. The second kappa shape index (κ2) is 10.9. The predicted octanol–water partition coefficient (Wildman–Crippen LogP) is 6.35. The first kappa shape index (κ1) is 26.4. The predicted molar refractivity (Wildman–Crippen MR) is 150 cm³/mol. The molecule has 1 atom stereocenters. The van der Waals surface area contributed by atoms with E-state index in [4.69, 9.17) is 16.3 Å². The van der Waals surface area contributed by atoms with E-state index in [1.165, 1.54) is 46.4 Å². The molecule has 5 rings (SSSR count). The highest BCUT2D eigenvalue weighted by atomic mass is 35.5. The van der Waals surface area contributed by atoms with Gasteiger partial charge in [0.1, 0.15) is 5.75 Å². The Morgan fingerprint density at radius 2 is 1.92 bits per heavy atom. The van der Waals surface area contributed by atoms with Crippen molar-refractivity contribution >= 4 is 62.9 Å². The molecule has 2 aromatic heterocycles. The summed E-state index contributed by atoms with van der Waals surface area (Å²) in [4.78, 5) is 33.2. The van der Waals surface area contributed by atoms with E-state index in [9.17, 15) is 14.7 Å². The molecule has 0 fully saturated rings. The minimum absolute atomic E-state index is 0.0272. The van der Waals surface area contributed by atoms with Crippen LogP contribution in [0.15, 0.2) is 64.2 Å². The second-order valence-electron chi connectivity index (χ2n) is 8.36. The summed E-state index contributed by atoms with van der Waals surface area (Å²) in [5.74, 6) is -0.592. The first-order valence-electron chi connectivity index (χ1n) is 11.4. The number of benzene rings is 2. The molecule has 194 valence electrons. The van der Waals surface area contributed by atoms with Crippen molar-refractivity contribution in [2.24, 2.45) is 0 Å². The maximum Gasteiger partial charge on any atom is 0.296 e. The Kier molecular flexibility index (Phi) is 7.53. The van der Waals surface area contributed by atoms with Crippen molar-refractivity contribution in [3.8, 4) is 5.75 Å². The molecule has 0 radical (unpaired) electrons. The van der Waals surface area contributed by atoms with Gasteiger partial charge < -0.3 is 9.84 Å². The van der Waals surface area contributed by atoms with Gasteiger partial charge in [0.2, 0.25) is 10.9 Å². The zero-order chi connectivity index (χ0) is 27.0. The van der Waals surface area contributed by atoms with Gasteiger partial charge >= 0.3 is 0 Å². The number of aliphatic hydroxyl groups excluding tert-OH is 1. The van der Waals surface area contributed by atoms with Gasteiger partial charge in [-0.25, -0.2) is 4.98 Å². The molecule has 0 spiro atoms. The number of aromatic nitrogens is 3. The number of carbonyl (C=O) groups excluding carboxylic acids is 2. The van der Waals surface area contributed by atoms with Gasteiger partial charge in [-0.15, -0.1) is 21.5 Å². The van der Waals surface area contributed by atoms with Crippen molar-refractivity contribution in [1.29, 1.82) is 0 Å². The summed E-state index contributed by atoms with van der Waals surface area (Å²) in [5, 5.41) is 21.2. The van der Waals surface area contributed by atoms with Crippen molar-refractivity contribution in [3.05, 3.63) is 91.6 Å². The Hall–Kier alpha value is -3.25. The van der Waals surface area contributed by atoms with Crippen LogP contribution < -0.4 is 9.64 Å². The highest BCUT2D eigenvalue weighted by molar-refractivity contribution is 8.00. The van der Waals surface area contributed by atoms with E-state index in [1.54, 1.807) is 38.1 Å². The normalized spacial score (nSPS) is 15.4. The Bertz CT molecular complexity index is 1560. The molecular weight excluding hydrogens is 564 g/mol. The number of carbonyl (C=O) groups is 2. The molecule has 1 unspecified atom stereocenters. The van der Waals surface area contributed by atoms with Gasteiger partial charge in [-0.2, -0.15) is 0 Å². The van der Waals surface area contributed by atoms with Crippen LogP contribution in [0.3, 0.4) is 0 Å². The minimum Gasteiger partial charge on any atom is -0.503 e. The SMILES string of the molecule is COc1cccc(C2C(C(=O)c3sc(C)nc3C)=C(O)C(=O)N2c2nnc(SCc3ccc(Cl)cc3)s2)c1. The molecule has 1 aliphatic rings. The number of nitrogens with zero attached hydrogens (tertiary/aromatic N) is 4. The summed E-state index contributed by atoms with van der Waals surface area (Å²) < 4.78 is 6.02. The largest absolute Gasteiger partial charge is 0.503 e. The summed E-state index contributed by atoms with van der Waals surface area (Å²) in [6.07, 6.45) is 0. The van der Waals surface area contributed by atoms with Crippen molar-refractivity contribution < 1.29 is 19.4 Å². The van der Waals surface area contributed by atoms with Crippen molar-refractivity contribution in [2.75, 3.05) is 12.0 Å². The number of thiazole rings is 1. The molecule has 38 heavy (non-hydrogen) atoms.